The molecule has 0 spiro atoms. The normalized spacial score (nSPS) is 13.6. The van der Waals surface area contributed by atoms with Crippen LogP contribution in [0.25, 0.3) is 0 Å². The molecule has 0 aliphatic carbocycles. The fourth-order valence-corrected chi connectivity index (χ4v) is 4.17. The number of amides is 1. The van der Waals surface area contributed by atoms with Crippen LogP contribution in [-0.4, -0.2) is 43.2 Å². The number of carbonyl (C=O) groups excluding carboxylic acids is 3. The number of aromatic hydroxyl groups is 1. The Balaban J connectivity index is 1.64. The summed E-state index contributed by atoms with van der Waals surface area (Å²) in [6.45, 7) is 3.83. The summed E-state index contributed by atoms with van der Waals surface area (Å²) in [6, 6.07) is 8.64. The fourth-order valence-electron chi connectivity index (χ4n) is 4.17. The smallest absolute Gasteiger partial charge is 0.342 e. The van der Waals surface area contributed by atoms with Crippen LogP contribution in [0.2, 0.25) is 0 Å². The van der Waals surface area contributed by atoms with Crippen molar-refractivity contribution in [1.82, 2.24) is 5.32 Å². The molecule has 0 aromatic heterocycles. The lowest BCUT2D eigenvalue weighted by atomic mass is 9.94. The molecular weight excluding hydrogens is 450 g/mol. The number of ether oxygens (including phenoxy) is 3. The van der Waals surface area contributed by atoms with E-state index in [1.54, 1.807) is 0 Å². The van der Waals surface area contributed by atoms with Gasteiger partial charge in [0.1, 0.15) is 29.7 Å². The lowest BCUT2D eigenvalue weighted by Gasteiger charge is -2.17. The highest BCUT2D eigenvalue weighted by Crippen LogP contribution is 2.42. The Hall–Kier alpha value is -3.81. The number of methoxy groups -OCH3 is 2. The quantitative estimate of drug-likeness (QED) is 0.394. The number of hydrogen-bond donors (Lipinski definition) is 2. The van der Waals surface area contributed by atoms with Gasteiger partial charge in [-0.15, -0.1) is 0 Å². The van der Waals surface area contributed by atoms with E-state index in [2.05, 4.69) is 5.32 Å². The molecule has 2 N–H and O–H groups in total. The van der Waals surface area contributed by atoms with Crippen molar-refractivity contribution >= 4 is 17.8 Å². The van der Waals surface area contributed by atoms with E-state index in [0.717, 1.165) is 16.7 Å². The van der Waals surface area contributed by atoms with E-state index in [9.17, 15) is 19.5 Å². The standard InChI is InChI=1S/C27H31NO7/c1-16(10-12-19-24(30)23-20(15-35-27(23)32)17(2)25(19)33-3)11-13-22(29)28-21(26(31)34-4)14-18-8-6-5-7-9-18/h5-10,21,30H,11-15H2,1-4H3,(H,28,29)/b16-10+/t21-/m1/s1. The second-order valence-electron chi connectivity index (χ2n) is 8.50. The monoisotopic (exact) mass is 481 g/mol. The summed E-state index contributed by atoms with van der Waals surface area (Å²) in [4.78, 5) is 36.8. The van der Waals surface area contributed by atoms with Gasteiger partial charge in [-0.3, -0.25) is 4.79 Å². The van der Waals surface area contributed by atoms with Crippen LogP contribution < -0.4 is 10.1 Å². The van der Waals surface area contributed by atoms with Crippen LogP contribution in [0.3, 0.4) is 0 Å². The van der Waals surface area contributed by atoms with E-state index in [1.165, 1.54) is 14.2 Å². The molecule has 1 amide bonds. The molecule has 1 aliphatic rings. The molecule has 8 nitrogen and oxygen atoms in total. The SMILES string of the molecule is COC(=O)[C@@H](Cc1ccccc1)NC(=O)CC/C(C)=C/Cc1c(O)c2c(c(C)c1OC)COC2=O. The van der Waals surface area contributed by atoms with Crippen LogP contribution in [0.5, 0.6) is 11.5 Å². The van der Waals surface area contributed by atoms with Crippen molar-refractivity contribution < 1.29 is 33.7 Å². The maximum Gasteiger partial charge on any atom is 0.342 e. The van der Waals surface area contributed by atoms with Gasteiger partial charge in [-0.25, -0.2) is 9.59 Å². The highest BCUT2D eigenvalue weighted by atomic mass is 16.5. The molecule has 0 unspecified atom stereocenters. The minimum atomic E-state index is -0.769. The molecule has 3 rings (SSSR count). The molecule has 2 aromatic rings. The maximum absolute atomic E-state index is 12.5. The van der Waals surface area contributed by atoms with E-state index < -0.39 is 18.0 Å². The second kappa shape index (κ2) is 11.6. The first-order chi connectivity index (χ1) is 16.8. The maximum atomic E-state index is 12.5. The zero-order valence-corrected chi connectivity index (χ0v) is 20.5. The zero-order chi connectivity index (χ0) is 25.5. The van der Waals surface area contributed by atoms with Crippen LogP contribution >= 0.6 is 0 Å². The first-order valence-electron chi connectivity index (χ1n) is 11.4. The van der Waals surface area contributed by atoms with Crippen molar-refractivity contribution in [2.24, 2.45) is 0 Å². The van der Waals surface area contributed by atoms with Crippen LogP contribution in [-0.2, 0) is 38.5 Å². The summed E-state index contributed by atoms with van der Waals surface area (Å²) in [7, 11) is 2.81. The number of fused-ring (bicyclic) bond motifs is 1. The number of phenolic OH excluding ortho intramolecular Hbond substituents is 1. The molecule has 1 aliphatic heterocycles. The van der Waals surface area contributed by atoms with E-state index in [1.807, 2.05) is 50.3 Å². The summed E-state index contributed by atoms with van der Waals surface area (Å²) >= 11 is 0. The largest absolute Gasteiger partial charge is 0.507 e. The summed E-state index contributed by atoms with van der Waals surface area (Å²) in [5.41, 5.74) is 3.93. The first-order valence-corrected chi connectivity index (χ1v) is 11.4. The molecule has 8 heteroatoms. The summed E-state index contributed by atoms with van der Waals surface area (Å²) in [6.07, 6.45) is 3.19. The van der Waals surface area contributed by atoms with Gasteiger partial charge in [0.25, 0.3) is 0 Å². The lowest BCUT2D eigenvalue weighted by Crippen LogP contribution is -2.43. The molecular formula is C27H31NO7. The van der Waals surface area contributed by atoms with E-state index in [4.69, 9.17) is 14.2 Å². The fraction of sp³-hybridized carbons (Fsp3) is 0.370. The Kier molecular flexibility index (Phi) is 8.52. The van der Waals surface area contributed by atoms with Gasteiger partial charge < -0.3 is 24.6 Å². The highest BCUT2D eigenvalue weighted by Gasteiger charge is 2.31. The summed E-state index contributed by atoms with van der Waals surface area (Å²) < 4.78 is 15.4. The first kappa shape index (κ1) is 25.8. The predicted octanol–water partition coefficient (Wildman–Crippen LogP) is 3.55. The van der Waals surface area contributed by atoms with Gasteiger partial charge in [0.05, 0.1) is 14.2 Å². The minimum absolute atomic E-state index is 0.116. The average molecular weight is 482 g/mol. The average Bonchev–Trinajstić information content (AvgIpc) is 3.25. The summed E-state index contributed by atoms with van der Waals surface area (Å²) in [5.74, 6) is -0.919. The van der Waals surface area contributed by atoms with E-state index in [-0.39, 0.29) is 30.2 Å². The number of nitrogens with one attached hydrogen (secondary N) is 1. The van der Waals surface area contributed by atoms with Crippen molar-refractivity contribution in [3.8, 4) is 11.5 Å². The molecule has 0 saturated heterocycles. The molecule has 0 fully saturated rings. The summed E-state index contributed by atoms with van der Waals surface area (Å²) in [5, 5.41) is 13.5. The Morgan fingerprint density at radius 3 is 2.57 bits per heavy atom. The highest BCUT2D eigenvalue weighted by molar-refractivity contribution is 5.98. The van der Waals surface area contributed by atoms with Gasteiger partial charge in [-0.05, 0) is 37.8 Å². The van der Waals surface area contributed by atoms with Gasteiger partial charge in [0, 0.05) is 24.0 Å². The van der Waals surface area contributed by atoms with Gasteiger partial charge in [0.15, 0.2) is 0 Å². The van der Waals surface area contributed by atoms with E-state index in [0.29, 0.717) is 36.1 Å². The van der Waals surface area contributed by atoms with Crippen LogP contribution in [0.15, 0.2) is 42.0 Å². The Morgan fingerprint density at radius 1 is 1.20 bits per heavy atom. The van der Waals surface area contributed by atoms with Gasteiger partial charge >= 0.3 is 11.9 Å². The molecule has 0 radical (unpaired) electrons. The zero-order valence-electron chi connectivity index (χ0n) is 20.5. The van der Waals surface area contributed by atoms with E-state index >= 15 is 0 Å². The van der Waals surface area contributed by atoms with Gasteiger partial charge in [-0.1, -0.05) is 42.0 Å². The number of rotatable bonds is 10. The molecule has 1 heterocycles. The van der Waals surface area contributed by atoms with Crippen molar-refractivity contribution in [3.63, 3.8) is 0 Å². The van der Waals surface area contributed by atoms with Crippen LogP contribution in [0.4, 0.5) is 0 Å². The van der Waals surface area contributed by atoms with Crippen molar-refractivity contribution in [2.45, 2.75) is 52.2 Å². The van der Waals surface area contributed by atoms with Crippen molar-refractivity contribution in [1.29, 1.82) is 0 Å². The van der Waals surface area contributed by atoms with Crippen LogP contribution in [0, 0.1) is 6.92 Å². The van der Waals surface area contributed by atoms with Gasteiger partial charge in [0.2, 0.25) is 5.91 Å². The second-order valence-corrected chi connectivity index (χ2v) is 8.50. The molecule has 35 heavy (non-hydrogen) atoms. The predicted molar refractivity (Wildman–Crippen MR) is 129 cm³/mol. The van der Waals surface area contributed by atoms with Crippen molar-refractivity contribution in [3.05, 3.63) is 69.8 Å². The Bertz CT molecular complexity index is 1140. The lowest BCUT2D eigenvalue weighted by molar-refractivity contribution is -0.145. The molecule has 0 saturated carbocycles. The number of esters is 2. The Morgan fingerprint density at radius 2 is 1.91 bits per heavy atom. The number of benzene rings is 2. The third-order valence-corrected chi connectivity index (χ3v) is 6.15. The Labute approximate surface area is 204 Å². The number of allylic oxidation sites excluding steroid dienone is 2. The number of hydrogen-bond acceptors (Lipinski definition) is 7. The van der Waals surface area contributed by atoms with Crippen LogP contribution in [0.1, 0.15) is 52.4 Å². The third-order valence-electron chi connectivity index (χ3n) is 6.15. The topological polar surface area (TPSA) is 111 Å². The number of cyclic esters (lactones) is 1. The van der Waals surface area contributed by atoms with Gasteiger partial charge in [-0.2, -0.15) is 0 Å². The third kappa shape index (κ3) is 6.01. The molecule has 1 atom stereocenters. The number of phenols is 1. The molecule has 0 bridgehead atoms. The minimum Gasteiger partial charge on any atom is -0.507 e. The molecule has 186 valence electrons. The molecule has 2 aromatic carbocycles. The number of carbonyl (C=O) groups is 3. The van der Waals surface area contributed by atoms with Crippen molar-refractivity contribution in [2.75, 3.05) is 14.2 Å².